The number of carbonyl (C=O) groups excluding carboxylic acids is 1. The molecule has 0 radical (unpaired) electrons. The van der Waals surface area contributed by atoms with Gasteiger partial charge in [-0.1, -0.05) is 24.6 Å². The molecule has 1 aliphatic heterocycles. The summed E-state index contributed by atoms with van der Waals surface area (Å²) in [5.74, 6) is 0. The molecule has 0 atom stereocenters. The second kappa shape index (κ2) is 6.62. The summed E-state index contributed by atoms with van der Waals surface area (Å²) in [6.45, 7) is 9.63. The van der Waals surface area contributed by atoms with Crippen LogP contribution in [0.3, 0.4) is 0 Å². The van der Waals surface area contributed by atoms with E-state index in [1.54, 1.807) is 0 Å². The van der Waals surface area contributed by atoms with E-state index in [0.717, 1.165) is 29.8 Å². The summed E-state index contributed by atoms with van der Waals surface area (Å²) >= 11 is 6.40. The number of halogens is 1. The van der Waals surface area contributed by atoms with E-state index in [2.05, 4.69) is 49.2 Å². The van der Waals surface area contributed by atoms with E-state index < -0.39 is 6.03 Å². The molecule has 0 bridgehead atoms. The van der Waals surface area contributed by atoms with Crippen LogP contribution in [0.25, 0.3) is 5.57 Å². The van der Waals surface area contributed by atoms with Gasteiger partial charge in [0.25, 0.3) is 0 Å². The van der Waals surface area contributed by atoms with Gasteiger partial charge in [0.15, 0.2) is 0 Å². The lowest BCUT2D eigenvalue weighted by molar-refractivity contribution is 0.249. The summed E-state index contributed by atoms with van der Waals surface area (Å²) in [5.41, 5.74) is 11.3. The van der Waals surface area contributed by atoms with E-state index >= 15 is 0 Å². The molecule has 6 heteroatoms. The Kier molecular flexibility index (Phi) is 5.00. The van der Waals surface area contributed by atoms with E-state index in [9.17, 15) is 4.79 Å². The standard InChI is InChI=1S/C17H23ClN4O/c1-5-6-22-15-8-14(18)12(10-20-21-16(19)23)7-13(15)11(2)9-17(22,3)4/h7-10H,5-6H2,1-4H3,(H3,19,21,23)/b20-10-. The number of hydrazone groups is 1. The van der Waals surface area contributed by atoms with Crippen LogP contribution in [0.1, 0.15) is 45.2 Å². The maximum Gasteiger partial charge on any atom is 0.332 e. The highest BCUT2D eigenvalue weighted by atomic mass is 35.5. The van der Waals surface area contributed by atoms with E-state index in [1.165, 1.54) is 11.8 Å². The highest BCUT2D eigenvalue weighted by Crippen LogP contribution is 2.41. The highest BCUT2D eigenvalue weighted by molar-refractivity contribution is 6.33. The molecule has 5 nitrogen and oxygen atoms in total. The van der Waals surface area contributed by atoms with Crippen LogP contribution in [0.4, 0.5) is 10.5 Å². The minimum Gasteiger partial charge on any atom is -0.362 e. The average molecular weight is 335 g/mol. The SMILES string of the molecule is CCCN1c2cc(Cl)c(/C=N\NC(N)=O)cc2C(C)=CC1(C)C. The van der Waals surface area contributed by atoms with Gasteiger partial charge >= 0.3 is 6.03 Å². The van der Waals surface area contributed by atoms with Gasteiger partial charge in [-0.05, 0) is 44.9 Å². The van der Waals surface area contributed by atoms with Crippen LogP contribution < -0.4 is 16.1 Å². The highest BCUT2D eigenvalue weighted by Gasteiger charge is 2.31. The van der Waals surface area contributed by atoms with Gasteiger partial charge in [-0.25, -0.2) is 10.2 Å². The van der Waals surface area contributed by atoms with Gasteiger partial charge in [-0.2, -0.15) is 5.10 Å². The summed E-state index contributed by atoms with van der Waals surface area (Å²) in [4.78, 5) is 13.1. The van der Waals surface area contributed by atoms with E-state index in [0.29, 0.717) is 5.02 Å². The summed E-state index contributed by atoms with van der Waals surface area (Å²) < 4.78 is 0. The Labute approximate surface area is 142 Å². The lowest BCUT2D eigenvalue weighted by atomic mass is 9.88. The van der Waals surface area contributed by atoms with Crippen molar-refractivity contribution in [2.45, 2.75) is 39.7 Å². The Morgan fingerprint density at radius 3 is 2.78 bits per heavy atom. The third kappa shape index (κ3) is 3.67. The number of primary amides is 1. The number of nitrogens with one attached hydrogen (secondary N) is 1. The zero-order valence-corrected chi connectivity index (χ0v) is 14.7. The molecule has 0 unspecified atom stereocenters. The van der Waals surface area contributed by atoms with Gasteiger partial charge in [0.05, 0.1) is 16.8 Å². The minimum absolute atomic E-state index is 0.0560. The van der Waals surface area contributed by atoms with Gasteiger partial charge in [-0.15, -0.1) is 0 Å². The van der Waals surface area contributed by atoms with Crippen molar-refractivity contribution in [2.24, 2.45) is 10.8 Å². The first-order valence-corrected chi connectivity index (χ1v) is 8.03. The number of nitrogens with two attached hydrogens (primary N) is 1. The maximum atomic E-state index is 10.7. The Hall–Kier alpha value is -2.01. The summed E-state index contributed by atoms with van der Waals surface area (Å²) in [7, 11) is 0. The predicted molar refractivity (Wildman–Crippen MR) is 97.1 cm³/mol. The maximum absolute atomic E-state index is 10.7. The fourth-order valence-electron chi connectivity index (χ4n) is 3.01. The van der Waals surface area contributed by atoms with Crippen LogP contribution in [0.2, 0.25) is 5.02 Å². The molecule has 1 aromatic carbocycles. The topological polar surface area (TPSA) is 70.7 Å². The van der Waals surface area contributed by atoms with Crippen molar-refractivity contribution >= 4 is 35.1 Å². The van der Waals surface area contributed by atoms with Crippen molar-refractivity contribution in [3.05, 3.63) is 34.4 Å². The van der Waals surface area contributed by atoms with Gasteiger partial charge in [0, 0.05) is 23.4 Å². The van der Waals surface area contributed by atoms with Gasteiger partial charge < -0.3 is 10.6 Å². The van der Waals surface area contributed by atoms with Crippen molar-refractivity contribution in [2.75, 3.05) is 11.4 Å². The quantitative estimate of drug-likeness (QED) is 0.650. The number of nitrogens with zero attached hydrogens (tertiary/aromatic N) is 2. The molecule has 1 aliphatic rings. The van der Waals surface area contributed by atoms with Crippen LogP contribution in [-0.2, 0) is 0 Å². The molecule has 0 fully saturated rings. The van der Waals surface area contributed by atoms with E-state index in [-0.39, 0.29) is 5.54 Å². The molecule has 0 saturated heterocycles. The van der Waals surface area contributed by atoms with Crippen molar-refractivity contribution in [1.82, 2.24) is 5.43 Å². The molecule has 0 aromatic heterocycles. The number of carbonyl (C=O) groups is 1. The molecule has 2 rings (SSSR count). The number of hydrogen-bond donors (Lipinski definition) is 2. The largest absolute Gasteiger partial charge is 0.362 e. The number of urea groups is 1. The number of rotatable bonds is 4. The molecule has 2 amide bonds. The summed E-state index contributed by atoms with van der Waals surface area (Å²) in [5, 5.41) is 4.38. The number of anilines is 1. The van der Waals surface area contributed by atoms with Crippen molar-refractivity contribution < 1.29 is 4.79 Å². The molecular formula is C17H23ClN4O. The first-order chi connectivity index (χ1) is 10.8. The summed E-state index contributed by atoms with van der Waals surface area (Å²) in [6, 6.07) is 3.26. The fourth-order valence-corrected chi connectivity index (χ4v) is 3.22. The predicted octanol–water partition coefficient (Wildman–Crippen LogP) is 3.75. The van der Waals surface area contributed by atoms with Crippen molar-refractivity contribution in [3.8, 4) is 0 Å². The van der Waals surface area contributed by atoms with Crippen molar-refractivity contribution in [1.29, 1.82) is 0 Å². The second-order valence-corrected chi connectivity index (χ2v) is 6.66. The van der Waals surface area contributed by atoms with Gasteiger partial charge in [-0.3, -0.25) is 0 Å². The second-order valence-electron chi connectivity index (χ2n) is 6.26. The molecule has 0 saturated carbocycles. The third-order valence-electron chi connectivity index (χ3n) is 3.92. The normalized spacial score (nSPS) is 16.2. The number of hydrogen-bond acceptors (Lipinski definition) is 3. The smallest absolute Gasteiger partial charge is 0.332 e. The van der Waals surface area contributed by atoms with Gasteiger partial charge in [0.1, 0.15) is 0 Å². The summed E-state index contributed by atoms with van der Waals surface area (Å²) in [6.07, 6.45) is 4.82. The number of allylic oxidation sites excluding steroid dienone is 1. The van der Waals surface area contributed by atoms with Crippen LogP contribution in [0, 0.1) is 0 Å². The Balaban J connectivity index is 2.48. The molecule has 0 aliphatic carbocycles. The van der Waals surface area contributed by atoms with Crippen LogP contribution in [-0.4, -0.2) is 24.3 Å². The number of benzene rings is 1. The molecular weight excluding hydrogens is 312 g/mol. The van der Waals surface area contributed by atoms with E-state index in [1.807, 2.05) is 12.1 Å². The molecule has 3 N–H and O–H groups in total. The molecule has 1 aromatic rings. The van der Waals surface area contributed by atoms with Crippen LogP contribution in [0.5, 0.6) is 0 Å². The average Bonchev–Trinajstić information content (AvgIpc) is 2.43. The lowest BCUT2D eigenvalue weighted by Crippen LogP contribution is -2.45. The number of amides is 2. The van der Waals surface area contributed by atoms with Crippen molar-refractivity contribution in [3.63, 3.8) is 0 Å². The van der Waals surface area contributed by atoms with Crippen LogP contribution in [0.15, 0.2) is 23.3 Å². The Bertz CT molecular complexity index is 679. The molecule has 0 spiro atoms. The fraction of sp³-hybridized carbons (Fsp3) is 0.412. The molecule has 23 heavy (non-hydrogen) atoms. The third-order valence-corrected chi connectivity index (χ3v) is 4.25. The zero-order chi connectivity index (χ0) is 17.2. The van der Waals surface area contributed by atoms with E-state index in [4.69, 9.17) is 17.3 Å². The Morgan fingerprint density at radius 1 is 1.48 bits per heavy atom. The lowest BCUT2D eigenvalue weighted by Gasteiger charge is -2.43. The minimum atomic E-state index is -0.706. The molecule has 124 valence electrons. The first-order valence-electron chi connectivity index (χ1n) is 7.65. The Morgan fingerprint density at radius 2 is 2.17 bits per heavy atom. The zero-order valence-electron chi connectivity index (χ0n) is 14.0. The first kappa shape index (κ1) is 17.3. The van der Waals surface area contributed by atoms with Crippen LogP contribution >= 0.6 is 11.6 Å². The monoisotopic (exact) mass is 334 g/mol. The van der Waals surface area contributed by atoms with Gasteiger partial charge in [0.2, 0.25) is 0 Å². The number of fused-ring (bicyclic) bond motifs is 1. The molecule has 1 heterocycles.